The first kappa shape index (κ1) is 21.3. The number of aliphatic hydroxyl groups is 1. The molecule has 1 fully saturated rings. The number of fused-ring (bicyclic) bond motifs is 1. The Kier molecular flexibility index (Phi) is 7.38. The maximum atomic E-state index is 10.4. The average Bonchev–Trinajstić information content (AvgIpc) is 2.80. The molecule has 1 unspecified atom stereocenters. The van der Waals surface area contributed by atoms with Gasteiger partial charge in [0.15, 0.2) is 0 Å². The van der Waals surface area contributed by atoms with E-state index in [-0.39, 0.29) is 0 Å². The highest BCUT2D eigenvalue weighted by molar-refractivity contribution is 7.94. The van der Waals surface area contributed by atoms with Crippen LogP contribution in [-0.4, -0.2) is 69.2 Å². The Bertz CT molecular complexity index is 827. The van der Waals surface area contributed by atoms with Gasteiger partial charge in [0, 0.05) is 44.8 Å². The number of anilines is 1. The van der Waals surface area contributed by atoms with Crippen LogP contribution >= 0.6 is 12.0 Å². The van der Waals surface area contributed by atoms with E-state index in [0.717, 1.165) is 67.7 Å². The normalized spacial score (nSPS) is 17.9. The fraction of sp³-hybridized carbons (Fsp3) is 0.478. The summed E-state index contributed by atoms with van der Waals surface area (Å²) >= 11 is 1.30. The molecule has 2 aromatic rings. The van der Waals surface area contributed by atoms with Gasteiger partial charge in [-0.25, -0.2) is 0 Å². The number of nitrogens with zero attached hydrogens (tertiary/aromatic N) is 2. The lowest BCUT2D eigenvalue weighted by Gasteiger charge is -2.37. The molecule has 0 radical (unpaired) electrons. The molecule has 30 heavy (non-hydrogen) atoms. The summed E-state index contributed by atoms with van der Waals surface area (Å²) in [5.74, 6) is 1.85. The molecule has 6 nitrogen and oxygen atoms in total. The molecule has 7 heteroatoms. The molecule has 0 saturated carbocycles. The van der Waals surface area contributed by atoms with Gasteiger partial charge in [0.05, 0.1) is 37.0 Å². The summed E-state index contributed by atoms with van der Waals surface area (Å²) in [4.78, 5) is 5.62. The number of ether oxygens (including phenoxy) is 2. The van der Waals surface area contributed by atoms with E-state index in [1.807, 2.05) is 30.3 Å². The highest BCUT2D eigenvalue weighted by Gasteiger charge is 2.22. The Labute approximate surface area is 182 Å². The Morgan fingerprint density at radius 2 is 1.93 bits per heavy atom. The molecule has 0 aliphatic carbocycles. The van der Waals surface area contributed by atoms with E-state index in [1.165, 1.54) is 17.6 Å². The minimum Gasteiger partial charge on any atom is -0.495 e. The summed E-state index contributed by atoms with van der Waals surface area (Å²) < 4.78 is 17.0. The minimum absolute atomic E-state index is 0.293. The van der Waals surface area contributed by atoms with E-state index in [0.29, 0.717) is 13.2 Å². The third-order valence-corrected chi connectivity index (χ3v) is 6.33. The molecule has 0 amide bonds. The molecule has 0 spiro atoms. The molecule has 2 aliphatic heterocycles. The zero-order valence-electron chi connectivity index (χ0n) is 17.5. The van der Waals surface area contributed by atoms with E-state index in [4.69, 9.17) is 13.7 Å². The first-order chi connectivity index (χ1) is 14.7. The van der Waals surface area contributed by atoms with Gasteiger partial charge in [0.25, 0.3) is 0 Å². The van der Waals surface area contributed by atoms with Crippen LogP contribution in [0.4, 0.5) is 5.69 Å². The summed E-state index contributed by atoms with van der Waals surface area (Å²) in [7, 11) is 1.71. The number of rotatable bonds is 8. The van der Waals surface area contributed by atoms with Crippen LogP contribution in [0.15, 0.2) is 47.4 Å². The SMILES string of the molecule is COc1ccccc1N1CCN(CC(O)COSc2cccc3c2OCCC3)CC1. The lowest BCUT2D eigenvalue weighted by Crippen LogP contribution is -2.49. The Morgan fingerprint density at radius 1 is 1.10 bits per heavy atom. The Balaban J connectivity index is 1.21. The minimum atomic E-state index is -0.518. The molecule has 2 aromatic carbocycles. The van der Waals surface area contributed by atoms with Crippen molar-refractivity contribution >= 4 is 17.7 Å². The molecular formula is C23H30N2O4S. The van der Waals surface area contributed by atoms with Gasteiger partial charge in [0.1, 0.15) is 11.5 Å². The van der Waals surface area contributed by atoms with Gasteiger partial charge in [0.2, 0.25) is 0 Å². The van der Waals surface area contributed by atoms with Crippen molar-refractivity contribution in [2.24, 2.45) is 0 Å². The molecule has 1 atom stereocenters. The van der Waals surface area contributed by atoms with Gasteiger partial charge in [-0.05, 0) is 36.6 Å². The predicted octanol–water partition coefficient (Wildman–Crippen LogP) is 3.23. The van der Waals surface area contributed by atoms with Gasteiger partial charge in [-0.1, -0.05) is 24.3 Å². The second-order valence-corrected chi connectivity index (χ2v) is 8.52. The van der Waals surface area contributed by atoms with Crippen LogP contribution in [0.3, 0.4) is 0 Å². The van der Waals surface area contributed by atoms with Gasteiger partial charge < -0.3 is 23.7 Å². The second kappa shape index (κ2) is 10.4. The smallest absolute Gasteiger partial charge is 0.142 e. The quantitative estimate of drug-likeness (QED) is 0.646. The molecule has 4 rings (SSSR count). The monoisotopic (exact) mass is 430 g/mol. The molecule has 1 saturated heterocycles. The summed E-state index contributed by atoms with van der Waals surface area (Å²) in [6.45, 7) is 5.30. The van der Waals surface area contributed by atoms with Crippen molar-refractivity contribution in [1.29, 1.82) is 0 Å². The molecule has 2 heterocycles. The summed E-state index contributed by atoms with van der Waals surface area (Å²) in [5, 5.41) is 10.4. The van der Waals surface area contributed by atoms with E-state index < -0.39 is 6.10 Å². The number of aryl methyl sites for hydroxylation is 1. The van der Waals surface area contributed by atoms with Crippen LogP contribution < -0.4 is 14.4 Å². The second-order valence-electron chi connectivity index (χ2n) is 7.68. The third kappa shape index (κ3) is 5.21. The van der Waals surface area contributed by atoms with Crippen LogP contribution in [0, 0.1) is 0 Å². The number of para-hydroxylation sites is 3. The summed E-state index contributed by atoms with van der Waals surface area (Å²) in [6.07, 6.45) is 1.59. The Hall–Kier alpha value is -1.93. The van der Waals surface area contributed by atoms with Gasteiger partial charge in [-0.3, -0.25) is 4.90 Å². The van der Waals surface area contributed by atoms with Crippen molar-refractivity contribution in [2.45, 2.75) is 23.8 Å². The largest absolute Gasteiger partial charge is 0.495 e. The third-order valence-electron chi connectivity index (χ3n) is 5.57. The van der Waals surface area contributed by atoms with Crippen LogP contribution in [0.2, 0.25) is 0 Å². The fourth-order valence-corrected chi connectivity index (χ4v) is 4.77. The van der Waals surface area contributed by atoms with Crippen molar-refractivity contribution in [2.75, 3.05) is 57.9 Å². The van der Waals surface area contributed by atoms with Crippen molar-refractivity contribution in [1.82, 2.24) is 4.90 Å². The van der Waals surface area contributed by atoms with E-state index in [1.54, 1.807) is 7.11 Å². The predicted molar refractivity (Wildman–Crippen MR) is 120 cm³/mol. The first-order valence-corrected chi connectivity index (χ1v) is 11.3. The van der Waals surface area contributed by atoms with E-state index >= 15 is 0 Å². The maximum Gasteiger partial charge on any atom is 0.142 e. The van der Waals surface area contributed by atoms with Crippen LogP contribution in [-0.2, 0) is 10.6 Å². The highest BCUT2D eigenvalue weighted by atomic mass is 32.2. The molecular weight excluding hydrogens is 400 g/mol. The van der Waals surface area contributed by atoms with Crippen LogP contribution in [0.1, 0.15) is 12.0 Å². The zero-order valence-corrected chi connectivity index (χ0v) is 18.3. The molecule has 0 bridgehead atoms. The summed E-state index contributed by atoms with van der Waals surface area (Å²) in [5.41, 5.74) is 2.37. The number of aliphatic hydroxyl groups excluding tert-OH is 1. The fourth-order valence-electron chi connectivity index (χ4n) is 4.01. The molecule has 162 valence electrons. The lowest BCUT2D eigenvalue weighted by atomic mass is 10.1. The standard InChI is InChI=1S/C23H30N2O4S/c1-27-21-9-3-2-8-20(21)25-13-11-24(12-14-25)16-19(26)17-29-30-22-10-4-6-18-7-5-15-28-23(18)22/h2-4,6,8-10,19,26H,5,7,11-17H2,1H3. The van der Waals surface area contributed by atoms with Crippen LogP contribution in [0.25, 0.3) is 0 Å². The molecule has 1 N–H and O–H groups in total. The molecule has 2 aliphatic rings. The summed E-state index contributed by atoms with van der Waals surface area (Å²) in [6, 6.07) is 14.3. The first-order valence-electron chi connectivity index (χ1n) is 10.6. The number of methoxy groups -OCH3 is 1. The van der Waals surface area contributed by atoms with Gasteiger partial charge in [-0.15, -0.1) is 0 Å². The highest BCUT2D eigenvalue weighted by Crippen LogP contribution is 2.36. The van der Waals surface area contributed by atoms with Crippen molar-refractivity contribution < 1.29 is 18.8 Å². The molecule has 0 aromatic heterocycles. The topological polar surface area (TPSA) is 54.4 Å². The van der Waals surface area contributed by atoms with Gasteiger partial charge >= 0.3 is 0 Å². The maximum absolute atomic E-state index is 10.4. The van der Waals surface area contributed by atoms with Crippen molar-refractivity contribution in [3.63, 3.8) is 0 Å². The number of benzene rings is 2. The van der Waals surface area contributed by atoms with Crippen LogP contribution in [0.5, 0.6) is 11.5 Å². The van der Waals surface area contributed by atoms with Crippen molar-refractivity contribution in [3.8, 4) is 11.5 Å². The number of piperazine rings is 1. The van der Waals surface area contributed by atoms with Crippen molar-refractivity contribution in [3.05, 3.63) is 48.0 Å². The Morgan fingerprint density at radius 3 is 2.77 bits per heavy atom. The van der Waals surface area contributed by atoms with E-state index in [9.17, 15) is 5.11 Å². The average molecular weight is 431 g/mol. The van der Waals surface area contributed by atoms with Gasteiger partial charge in [-0.2, -0.15) is 0 Å². The zero-order chi connectivity index (χ0) is 20.8. The van der Waals surface area contributed by atoms with E-state index in [2.05, 4.69) is 21.9 Å². The number of hydrogen-bond acceptors (Lipinski definition) is 7. The number of hydrogen-bond donors (Lipinski definition) is 1. The number of β-amino-alcohol motifs (C(OH)–C–C–N with tert-alkyl or cyclic N) is 1. The lowest BCUT2D eigenvalue weighted by molar-refractivity contribution is 0.0732.